The van der Waals surface area contributed by atoms with E-state index in [9.17, 15) is 18.0 Å². The number of sulfonamides is 1. The molecule has 1 heterocycles. The highest BCUT2D eigenvalue weighted by Gasteiger charge is 2.27. The van der Waals surface area contributed by atoms with Gasteiger partial charge in [0.2, 0.25) is 10.0 Å². The van der Waals surface area contributed by atoms with E-state index >= 15 is 0 Å². The predicted molar refractivity (Wildman–Crippen MR) is 110 cm³/mol. The van der Waals surface area contributed by atoms with Gasteiger partial charge in [0.25, 0.3) is 5.91 Å². The van der Waals surface area contributed by atoms with Crippen LogP contribution in [-0.2, 0) is 10.0 Å². The van der Waals surface area contributed by atoms with Crippen LogP contribution in [0.25, 0.3) is 0 Å². The van der Waals surface area contributed by atoms with Gasteiger partial charge >= 0.3 is 6.03 Å². The fourth-order valence-corrected chi connectivity index (χ4v) is 3.79. The molecule has 28 heavy (non-hydrogen) atoms. The quantitative estimate of drug-likeness (QED) is 0.668. The van der Waals surface area contributed by atoms with Gasteiger partial charge in [0.1, 0.15) is 0 Å². The number of nitrogens with zero attached hydrogens (tertiary/aromatic N) is 1. The summed E-state index contributed by atoms with van der Waals surface area (Å²) in [6.07, 6.45) is 1.15. The Bertz CT molecular complexity index is 783. The first kappa shape index (κ1) is 22.2. The average Bonchev–Trinajstić information content (AvgIpc) is 2.61. The van der Waals surface area contributed by atoms with Crippen LogP contribution in [0.15, 0.2) is 24.3 Å². The van der Waals surface area contributed by atoms with E-state index in [2.05, 4.69) is 15.4 Å². The maximum Gasteiger partial charge on any atom is 0.321 e. The normalized spacial score (nSPS) is 15.7. The molecule has 1 aliphatic heterocycles. The predicted octanol–water partition coefficient (Wildman–Crippen LogP) is 2.15. The second-order valence-electron chi connectivity index (χ2n) is 7.61. The summed E-state index contributed by atoms with van der Waals surface area (Å²) >= 11 is 0. The molecule has 0 saturated carbocycles. The van der Waals surface area contributed by atoms with E-state index < -0.39 is 15.3 Å². The first-order valence-corrected chi connectivity index (χ1v) is 11.1. The van der Waals surface area contributed by atoms with Gasteiger partial charge in [0.05, 0.1) is 5.25 Å². The molecule has 3 N–H and O–H groups in total. The number of benzene rings is 1. The van der Waals surface area contributed by atoms with Gasteiger partial charge in [-0.3, -0.25) is 4.79 Å². The minimum absolute atomic E-state index is 0.0554. The molecule has 0 radical (unpaired) electrons. The number of carbonyl (C=O) groups is 2. The third kappa shape index (κ3) is 6.20. The molecule has 156 valence electrons. The molecule has 2 rings (SSSR count). The zero-order valence-corrected chi connectivity index (χ0v) is 17.7. The van der Waals surface area contributed by atoms with E-state index in [1.807, 2.05) is 13.8 Å². The van der Waals surface area contributed by atoms with Crippen molar-refractivity contribution < 1.29 is 18.0 Å². The van der Waals surface area contributed by atoms with Crippen molar-refractivity contribution in [2.24, 2.45) is 0 Å². The van der Waals surface area contributed by atoms with Crippen molar-refractivity contribution >= 4 is 27.6 Å². The van der Waals surface area contributed by atoms with Crippen molar-refractivity contribution in [3.63, 3.8) is 0 Å². The van der Waals surface area contributed by atoms with E-state index in [0.29, 0.717) is 37.2 Å². The highest BCUT2D eigenvalue weighted by Crippen LogP contribution is 2.15. The van der Waals surface area contributed by atoms with E-state index in [0.717, 1.165) is 0 Å². The van der Waals surface area contributed by atoms with E-state index in [-0.39, 0.29) is 24.0 Å². The number of carbonyl (C=O) groups excluding carboxylic acids is 2. The summed E-state index contributed by atoms with van der Waals surface area (Å²) in [5.74, 6) is -0.154. The maximum atomic E-state index is 12.4. The number of urea groups is 1. The topological polar surface area (TPSA) is 108 Å². The number of amides is 3. The molecule has 1 aromatic carbocycles. The molecule has 0 aliphatic carbocycles. The number of nitrogens with one attached hydrogen (secondary N) is 3. The Kier molecular flexibility index (Phi) is 7.42. The molecule has 3 amide bonds. The van der Waals surface area contributed by atoms with Gasteiger partial charge in [-0.1, -0.05) is 0 Å². The van der Waals surface area contributed by atoms with Gasteiger partial charge in [-0.2, -0.15) is 0 Å². The van der Waals surface area contributed by atoms with Gasteiger partial charge in [0.15, 0.2) is 0 Å². The third-order valence-corrected chi connectivity index (χ3v) is 6.45. The summed E-state index contributed by atoms with van der Waals surface area (Å²) in [5, 5.41) is 5.16. The zero-order valence-electron chi connectivity index (χ0n) is 16.9. The molecule has 1 aromatic rings. The average molecular weight is 411 g/mol. The van der Waals surface area contributed by atoms with Crippen molar-refractivity contribution in [3.8, 4) is 0 Å². The van der Waals surface area contributed by atoms with Crippen LogP contribution in [0.3, 0.4) is 0 Å². The fourth-order valence-electron chi connectivity index (χ4n) is 2.82. The Labute approximate surface area is 167 Å². The van der Waals surface area contributed by atoms with Gasteiger partial charge in [-0.25, -0.2) is 17.9 Å². The molecular weight excluding hydrogens is 380 g/mol. The highest BCUT2D eigenvalue weighted by atomic mass is 32.2. The third-order valence-electron chi connectivity index (χ3n) is 4.55. The van der Waals surface area contributed by atoms with Crippen LogP contribution in [0.2, 0.25) is 0 Å². The van der Waals surface area contributed by atoms with Crippen molar-refractivity contribution in [3.05, 3.63) is 29.8 Å². The van der Waals surface area contributed by atoms with Crippen LogP contribution in [0, 0.1) is 0 Å². The standard InChI is InChI=1S/C19H30N4O4S/c1-13(2)20-18(24)15-5-7-16(8-6-15)21-19(25)23-11-9-17(10-12-23)22-28(26,27)14(3)4/h5-8,13-14,17,22H,9-12H2,1-4H3,(H,20,24)(H,21,25). The lowest BCUT2D eigenvalue weighted by atomic mass is 10.1. The summed E-state index contributed by atoms with van der Waals surface area (Å²) in [7, 11) is -3.30. The summed E-state index contributed by atoms with van der Waals surface area (Å²) in [5.41, 5.74) is 1.14. The Hall–Kier alpha value is -2.13. The zero-order chi connectivity index (χ0) is 20.9. The van der Waals surface area contributed by atoms with Gasteiger partial charge in [0, 0.05) is 36.4 Å². The second-order valence-corrected chi connectivity index (χ2v) is 9.88. The van der Waals surface area contributed by atoms with Crippen LogP contribution >= 0.6 is 0 Å². The number of likely N-dealkylation sites (tertiary alicyclic amines) is 1. The Balaban J connectivity index is 1.85. The minimum atomic E-state index is -3.30. The Morgan fingerprint density at radius 2 is 1.61 bits per heavy atom. The summed E-state index contributed by atoms with van der Waals surface area (Å²) in [4.78, 5) is 26.0. The molecule has 1 saturated heterocycles. The molecular formula is C19H30N4O4S. The molecule has 9 heteroatoms. The van der Waals surface area contributed by atoms with E-state index in [1.165, 1.54) is 0 Å². The fraction of sp³-hybridized carbons (Fsp3) is 0.579. The molecule has 0 unspecified atom stereocenters. The highest BCUT2D eigenvalue weighted by molar-refractivity contribution is 7.90. The molecule has 8 nitrogen and oxygen atoms in total. The van der Waals surface area contributed by atoms with Crippen LogP contribution < -0.4 is 15.4 Å². The number of hydrogen-bond donors (Lipinski definition) is 3. The summed E-state index contributed by atoms with van der Waals surface area (Å²) < 4.78 is 26.6. The molecule has 1 fully saturated rings. The van der Waals surface area contributed by atoms with Crippen molar-refractivity contribution in [1.82, 2.24) is 14.9 Å². The number of rotatable bonds is 6. The van der Waals surface area contributed by atoms with Crippen LogP contribution in [0.5, 0.6) is 0 Å². The molecule has 0 atom stereocenters. The first-order chi connectivity index (χ1) is 13.1. The molecule has 1 aliphatic rings. The Morgan fingerprint density at radius 3 is 2.11 bits per heavy atom. The van der Waals surface area contributed by atoms with Crippen molar-refractivity contribution in [1.29, 1.82) is 0 Å². The van der Waals surface area contributed by atoms with E-state index in [4.69, 9.17) is 0 Å². The van der Waals surface area contributed by atoms with Crippen molar-refractivity contribution in [2.75, 3.05) is 18.4 Å². The number of piperidine rings is 1. The summed E-state index contributed by atoms with van der Waals surface area (Å²) in [6, 6.07) is 6.40. The lowest BCUT2D eigenvalue weighted by molar-refractivity contribution is 0.0943. The van der Waals surface area contributed by atoms with Crippen LogP contribution in [0.4, 0.5) is 10.5 Å². The van der Waals surface area contributed by atoms with Crippen LogP contribution in [-0.4, -0.2) is 55.7 Å². The maximum absolute atomic E-state index is 12.4. The molecule has 0 spiro atoms. The summed E-state index contributed by atoms with van der Waals surface area (Å²) in [6.45, 7) is 8.02. The Morgan fingerprint density at radius 1 is 1.04 bits per heavy atom. The number of hydrogen-bond acceptors (Lipinski definition) is 4. The van der Waals surface area contributed by atoms with Crippen molar-refractivity contribution in [2.45, 2.75) is 57.9 Å². The SMILES string of the molecule is CC(C)NC(=O)c1ccc(NC(=O)N2CCC(NS(=O)(=O)C(C)C)CC2)cc1. The van der Waals surface area contributed by atoms with Crippen LogP contribution in [0.1, 0.15) is 50.9 Å². The first-order valence-electron chi connectivity index (χ1n) is 9.56. The number of anilines is 1. The van der Waals surface area contributed by atoms with Gasteiger partial charge in [-0.15, -0.1) is 0 Å². The molecule has 0 bridgehead atoms. The molecule has 0 aromatic heterocycles. The smallest absolute Gasteiger partial charge is 0.321 e. The van der Waals surface area contributed by atoms with Gasteiger partial charge in [-0.05, 0) is 64.8 Å². The monoisotopic (exact) mass is 410 g/mol. The van der Waals surface area contributed by atoms with Gasteiger partial charge < -0.3 is 15.5 Å². The van der Waals surface area contributed by atoms with E-state index in [1.54, 1.807) is 43.0 Å². The lowest BCUT2D eigenvalue weighted by Gasteiger charge is -2.32. The largest absolute Gasteiger partial charge is 0.350 e. The lowest BCUT2D eigenvalue weighted by Crippen LogP contribution is -2.48. The minimum Gasteiger partial charge on any atom is -0.350 e. The second kappa shape index (κ2) is 9.38.